The van der Waals surface area contributed by atoms with E-state index in [-0.39, 0.29) is 0 Å². The molecule has 2 aromatic carbocycles. The molecule has 2 aromatic rings. The molecule has 0 radical (unpaired) electrons. The van der Waals surface area contributed by atoms with E-state index >= 15 is 0 Å². The quantitative estimate of drug-likeness (QED) is 0.802. The fourth-order valence-electron chi connectivity index (χ4n) is 2.28. The van der Waals surface area contributed by atoms with E-state index in [9.17, 15) is 0 Å². The summed E-state index contributed by atoms with van der Waals surface area (Å²) in [7, 11) is 1.73. The van der Waals surface area contributed by atoms with E-state index in [4.69, 9.17) is 10.5 Å². The number of methoxy groups -OCH3 is 1. The number of hydrogen-bond acceptors (Lipinski definition) is 3. The Hall–Kier alpha value is -1.58. The summed E-state index contributed by atoms with van der Waals surface area (Å²) in [4.78, 5) is 0. The molecular weight excluding hydrogens is 236 g/mol. The van der Waals surface area contributed by atoms with Crippen molar-refractivity contribution in [1.29, 1.82) is 0 Å². The van der Waals surface area contributed by atoms with E-state index in [1.807, 2.05) is 0 Å². The number of anilines is 1. The molecule has 0 saturated carbocycles. The van der Waals surface area contributed by atoms with Crippen molar-refractivity contribution in [3.63, 3.8) is 0 Å². The van der Waals surface area contributed by atoms with Crippen molar-refractivity contribution >= 4 is 16.5 Å². The van der Waals surface area contributed by atoms with Crippen LogP contribution in [-0.4, -0.2) is 26.3 Å². The van der Waals surface area contributed by atoms with Crippen molar-refractivity contribution in [1.82, 2.24) is 0 Å². The molecule has 0 heterocycles. The zero-order valence-electron chi connectivity index (χ0n) is 11.4. The number of nitrogens with two attached hydrogens (primary N) is 1. The molecule has 0 fully saturated rings. The summed E-state index contributed by atoms with van der Waals surface area (Å²) in [5.41, 5.74) is 6.71. The van der Waals surface area contributed by atoms with Crippen LogP contribution < -0.4 is 11.1 Å². The molecule has 3 N–H and O–H groups in total. The molecular formula is C16H22N2O. The Morgan fingerprint density at radius 3 is 2.68 bits per heavy atom. The normalized spacial score (nSPS) is 12.5. The van der Waals surface area contributed by atoms with Crippen molar-refractivity contribution in [2.45, 2.75) is 18.9 Å². The molecule has 1 atom stereocenters. The molecule has 0 aliphatic carbocycles. The van der Waals surface area contributed by atoms with E-state index in [1.165, 1.54) is 10.8 Å². The molecule has 3 nitrogen and oxygen atoms in total. The predicted octanol–water partition coefficient (Wildman–Crippen LogP) is 3.01. The molecule has 0 aromatic heterocycles. The molecule has 0 bridgehead atoms. The number of nitrogens with one attached hydrogen (secondary N) is 1. The van der Waals surface area contributed by atoms with Crippen molar-refractivity contribution in [2.24, 2.45) is 5.73 Å². The van der Waals surface area contributed by atoms with E-state index < -0.39 is 0 Å². The first-order valence-corrected chi connectivity index (χ1v) is 6.78. The zero-order chi connectivity index (χ0) is 13.5. The highest BCUT2D eigenvalue weighted by Gasteiger charge is 2.07. The third-order valence-corrected chi connectivity index (χ3v) is 3.24. The molecule has 0 aliphatic heterocycles. The lowest BCUT2D eigenvalue weighted by atomic mass is 10.1. The Labute approximate surface area is 114 Å². The molecule has 0 aliphatic rings. The van der Waals surface area contributed by atoms with Crippen LogP contribution in [0.15, 0.2) is 42.5 Å². The highest BCUT2D eigenvalue weighted by atomic mass is 16.5. The van der Waals surface area contributed by atoms with Crippen LogP contribution in [0.5, 0.6) is 0 Å². The van der Waals surface area contributed by atoms with Crippen molar-refractivity contribution in [2.75, 3.05) is 25.6 Å². The second kappa shape index (κ2) is 7.12. The smallest absolute Gasteiger partial charge is 0.0664 e. The van der Waals surface area contributed by atoms with Crippen molar-refractivity contribution in [3.05, 3.63) is 42.5 Å². The first-order chi connectivity index (χ1) is 9.33. The Kier molecular flexibility index (Phi) is 5.19. The van der Waals surface area contributed by atoms with Gasteiger partial charge in [-0.2, -0.15) is 0 Å². The van der Waals surface area contributed by atoms with Gasteiger partial charge in [-0.05, 0) is 42.3 Å². The Bertz CT molecular complexity index is 513. The lowest BCUT2D eigenvalue weighted by Crippen LogP contribution is -2.25. The maximum atomic E-state index is 5.57. The first kappa shape index (κ1) is 13.8. The molecule has 19 heavy (non-hydrogen) atoms. The Morgan fingerprint density at radius 1 is 1.16 bits per heavy atom. The highest BCUT2D eigenvalue weighted by molar-refractivity contribution is 5.85. The minimum Gasteiger partial charge on any atom is -0.383 e. The van der Waals surface area contributed by atoms with Crippen LogP contribution in [0.1, 0.15) is 12.8 Å². The SMILES string of the molecule is COCC(CCCN)Nc1ccc2ccccc2c1. The van der Waals surface area contributed by atoms with Gasteiger partial charge >= 0.3 is 0 Å². The first-order valence-electron chi connectivity index (χ1n) is 6.78. The third-order valence-electron chi connectivity index (χ3n) is 3.24. The molecule has 102 valence electrons. The number of fused-ring (bicyclic) bond motifs is 1. The number of ether oxygens (including phenoxy) is 1. The molecule has 0 amide bonds. The minimum atomic E-state index is 0.315. The summed E-state index contributed by atoms with van der Waals surface area (Å²) >= 11 is 0. The van der Waals surface area contributed by atoms with Crippen LogP contribution >= 0.6 is 0 Å². The summed E-state index contributed by atoms with van der Waals surface area (Å²) in [6.45, 7) is 1.42. The lowest BCUT2D eigenvalue weighted by molar-refractivity contribution is 0.182. The fourth-order valence-corrected chi connectivity index (χ4v) is 2.28. The van der Waals surface area contributed by atoms with Gasteiger partial charge in [0.15, 0.2) is 0 Å². The van der Waals surface area contributed by atoms with E-state index in [1.54, 1.807) is 7.11 Å². The average Bonchev–Trinajstić information content (AvgIpc) is 2.45. The van der Waals surface area contributed by atoms with Gasteiger partial charge in [-0.25, -0.2) is 0 Å². The molecule has 1 unspecified atom stereocenters. The van der Waals surface area contributed by atoms with Gasteiger partial charge in [0.05, 0.1) is 6.61 Å². The molecule has 0 saturated heterocycles. The summed E-state index contributed by atoms with van der Waals surface area (Å²) in [6, 6.07) is 15.1. The van der Waals surface area contributed by atoms with Gasteiger partial charge in [-0.15, -0.1) is 0 Å². The Balaban J connectivity index is 2.09. The second-order valence-electron chi connectivity index (χ2n) is 4.79. The third kappa shape index (κ3) is 3.94. The van der Waals surface area contributed by atoms with Gasteiger partial charge in [0.2, 0.25) is 0 Å². The summed E-state index contributed by atoms with van der Waals surface area (Å²) in [5, 5.41) is 6.04. The van der Waals surface area contributed by atoms with Crippen molar-refractivity contribution < 1.29 is 4.74 Å². The topological polar surface area (TPSA) is 47.3 Å². The van der Waals surface area contributed by atoms with Crippen LogP contribution in [0.2, 0.25) is 0 Å². The number of benzene rings is 2. The van der Waals surface area contributed by atoms with Gasteiger partial charge < -0.3 is 15.8 Å². The van der Waals surface area contributed by atoms with Crippen LogP contribution in [0.4, 0.5) is 5.69 Å². The van der Waals surface area contributed by atoms with E-state index in [2.05, 4.69) is 47.8 Å². The maximum Gasteiger partial charge on any atom is 0.0664 e. The van der Waals surface area contributed by atoms with Gasteiger partial charge in [-0.1, -0.05) is 30.3 Å². The standard InChI is InChI=1S/C16H22N2O/c1-19-12-16(7-4-10-17)18-15-9-8-13-5-2-3-6-14(13)11-15/h2-3,5-6,8-9,11,16,18H,4,7,10,12,17H2,1H3. The number of hydrogen-bond donors (Lipinski definition) is 2. The van der Waals surface area contributed by atoms with Crippen LogP contribution in [0, 0.1) is 0 Å². The minimum absolute atomic E-state index is 0.315. The largest absolute Gasteiger partial charge is 0.383 e. The summed E-state index contributed by atoms with van der Waals surface area (Å²) in [5.74, 6) is 0. The summed E-state index contributed by atoms with van der Waals surface area (Å²) < 4.78 is 5.26. The highest BCUT2D eigenvalue weighted by Crippen LogP contribution is 2.20. The average molecular weight is 258 g/mol. The van der Waals surface area contributed by atoms with Crippen LogP contribution in [0.25, 0.3) is 10.8 Å². The maximum absolute atomic E-state index is 5.57. The van der Waals surface area contributed by atoms with Gasteiger partial charge in [0.1, 0.15) is 0 Å². The molecule has 0 spiro atoms. The second-order valence-corrected chi connectivity index (χ2v) is 4.79. The molecule has 2 rings (SSSR count). The van der Waals surface area contributed by atoms with E-state index in [0.717, 1.165) is 25.1 Å². The van der Waals surface area contributed by atoms with Gasteiger partial charge in [0.25, 0.3) is 0 Å². The molecule has 3 heteroatoms. The fraction of sp³-hybridized carbons (Fsp3) is 0.375. The summed E-state index contributed by atoms with van der Waals surface area (Å²) in [6.07, 6.45) is 2.03. The Morgan fingerprint density at radius 2 is 1.95 bits per heavy atom. The lowest BCUT2D eigenvalue weighted by Gasteiger charge is -2.19. The van der Waals surface area contributed by atoms with E-state index in [0.29, 0.717) is 12.6 Å². The van der Waals surface area contributed by atoms with Crippen LogP contribution in [-0.2, 0) is 4.74 Å². The predicted molar refractivity (Wildman–Crippen MR) is 81.5 cm³/mol. The van der Waals surface area contributed by atoms with Gasteiger partial charge in [0, 0.05) is 18.8 Å². The zero-order valence-corrected chi connectivity index (χ0v) is 11.4. The monoisotopic (exact) mass is 258 g/mol. The van der Waals surface area contributed by atoms with Crippen molar-refractivity contribution in [3.8, 4) is 0 Å². The number of rotatable bonds is 7. The van der Waals surface area contributed by atoms with Gasteiger partial charge in [-0.3, -0.25) is 0 Å². The van der Waals surface area contributed by atoms with Crippen LogP contribution in [0.3, 0.4) is 0 Å².